The van der Waals surface area contributed by atoms with Gasteiger partial charge in [0.25, 0.3) is 5.91 Å². The van der Waals surface area contributed by atoms with Gasteiger partial charge in [-0.2, -0.15) is 5.10 Å². The van der Waals surface area contributed by atoms with Gasteiger partial charge in [-0.25, -0.2) is 4.39 Å². The van der Waals surface area contributed by atoms with E-state index in [0.717, 1.165) is 72.6 Å². The molecular weight excluding hydrogens is 485 g/mol. The van der Waals surface area contributed by atoms with E-state index in [1.807, 2.05) is 19.1 Å². The van der Waals surface area contributed by atoms with E-state index in [4.69, 9.17) is 11.6 Å². The lowest BCUT2D eigenvalue weighted by atomic mass is 9.87. The SMILES string of the molecule is Cc1c(Cl)cccc1C1CN(C2CCCc3c2c(C(=O)N2CC[C@H](O)[C@@H](F)C2)nn3CC=O)CCN1. The van der Waals surface area contributed by atoms with Crippen LogP contribution in [0.5, 0.6) is 0 Å². The van der Waals surface area contributed by atoms with Crippen molar-refractivity contribution < 1.29 is 19.1 Å². The summed E-state index contributed by atoms with van der Waals surface area (Å²) in [7, 11) is 0. The minimum atomic E-state index is -1.47. The Morgan fingerprint density at radius 3 is 2.92 bits per heavy atom. The van der Waals surface area contributed by atoms with Crippen LogP contribution < -0.4 is 5.32 Å². The molecule has 1 aliphatic carbocycles. The predicted octanol–water partition coefficient (Wildman–Crippen LogP) is 2.61. The number of fused-ring (bicyclic) bond motifs is 1. The molecule has 0 spiro atoms. The molecule has 1 amide bonds. The predicted molar refractivity (Wildman–Crippen MR) is 134 cm³/mol. The molecule has 2 saturated heterocycles. The molecule has 2 aliphatic heterocycles. The lowest BCUT2D eigenvalue weighted by molar-refractivity contribution is -0.108. The maximum atomic E-state index is 14.3. The number of aliphatic hydroxyl groups is 1. The number of piperidine rings is 1. The summed E-state index contributed by atoms with van der Waals surface area (Å²) in [4.78, 5) is 28.9. The van der Waals surface area contributed by atoms with Gasteiger partial charge in [0, 0.05) is 54.5 Å². The second-order valence-electron chi connectivity index (χ2n) is 10.0. The largest absolute Gasteiger partial charge is 0.390 e. The molecule has 2 aromatic rings. The van der Waals surface area contributed by atoms with Gasteiger partial charge < -0.3 is 20.1 Å². The Bertz CT molecular complexity index is 1140. The molecule has 0 bridgehead atoms. The number of rotatable bonds is 5. The molecule has 3 heterocycles. The van der Waals surface area contributed by atoms with Crippen LogP contribution in [0.2, 0.25) is 5.02 Å². The van der Waals surface area contributed by atoms with E-state index >= 15 is 0 Å². The van der Waals surface area contributed by atoms with Gasteiger partial charge in [0.2, 0.25) is 0 Å². The van der Waals surface area contributed by atoms with Gasteiger partial charge in [-0.15, -0.1) is 0 Å². The summed E-state index contributed by atoms with van der Waals surface area (Å²) in [6.45, 7) is 4.61. The summed E-state index contributed by atoms with van der Waals surface area (Å²) in [6, 6.07) is 6.05. The highest BCUT2D eigenvalue weighted by Crippen LogP contribution is 2.39. The topological polar surface area (TPSA) is 90.7 Å². The molecule has 10 heteroatoms. The summed E-state index contributed by atoms with van der Waals surface area (Å²) in [5.41, 5.74) is 4.33. The summed E-state index contributed by atoms with van der Waals surface area (Å²) in [6.07, 6.45) is 1.04. The second-order valence-corrected chi connectivity index (χ2v) is 10.5. The molecule has 8 nitrogen and oxygen atoms in total. The number of hydrogen-bond donors (Lipinski definition) is 2. The van der Waals surface area contributed by atoms with Crippen LogP contribution in [0.15, 0.2) is 18.2 Å². The van der Waals surface area contributed by atoms with Crippen LogP contribution in [0, 0.1) is 6.92 Å². The second kappa shape index (κ2) is 10.6. The monoisotopic (exact) mass is 517 g/mol. The molecule has 1 aromatic carbocycles. The van der Waals surface area contributed by atoms with Crippen LogP contribution in [0.1, 0.15) is 64.2 Å². The number of amides is 1. The van der Waals surface area contributed by atoms with Crippen molar-refractivity contribution >= 4 is 23.8 Å². The van der Waals surface area contributed by atoms with Gasteiger partial charge in [-0.3, -0.25) is 14.4 Å². The normalized spacial score (nSPS) is 27.1. The van der Waals surface area contributed by atoms with Crippen molar-refractivity contribution in [2.45, 2.75) is 63.5 Å². The number of benzene rings is 1. The van der Waals surface area contributed by atoms with Crippen LogP contribution >= 0.6 is 11.6 Å². The third-order valence-electron chi connectivity index (χ3n) is 7.90. The Labute approximate surface area is 215 Å². The highest BCUT2D eigenvalue weighted by molar-refractivity contribution is 6.31. The number of piperazine rings is 1. The Balaban J connectivity index is 1.47. The minimum Gasteiger partial charge on any atom is -0.390 e. The number of nitrogens with one attached hydrogen (secondary N) is 1. The first-order valence-electron chi connectivity index (χ1n) is 12.8. The van der Waals surface area contributed by atoms with Crippen molar-refractivity contribution in [2.24, 2.45) is 0 Å². The molecule has 2 unspecified atom stereocenters. The van der Waals surface area contributed by atoms with Crippen LogP contribution in [0.4, 0.5) is 4.39 Å². The van der Waals surface area contributed by atoms with Crippen LogP contribution in [-0.2, 0) is 17.8 Å². The van der Waals surface area contributed by atoms with Crippen molar-refractivity contribution in [1.29, 1.82) is 0 Å². The third-order valence-corrected chi connectivity index (χ3v) is 8.31. The average molecular weight is 518 g/mol. The lowest BCUT2D eigenvalue weighted by Crippen LogP contribution is -2.49. The van der Waals surface area contributed by atoms with Gasteiger partial charge >= 0.3 is 0 Å². The Kier molecular flexibility index (Phi) is 7.44. The average Bonchev–Trinajstić information content (AvgIpc) is 3.26. The fraction of sp³-hybridized carbons (Fsp3) is 0.577. The van der Waals surface area contributed by atoms with Gasteiger partial charge in [-0.1, -0.05) is 23.7 Å². The van der Waals surface area contributed by atoms with Gasteiger partial charge in [0.15, 0.2) is 5.69 Å². The maximum absolute atomic E-state index is 14.3. The number of aliphatic hydroxyl groups excluding tert-OH is 1. The number of halogens is 2. The zero-order valence-corrected chi connectivity index (χ0v) is 21.3. The van der Waals surface area contributed by atoms with Crippen LogP contribution in [-0.4, -0.2) is 81.9 Å². The van der Waals surface area contributed by atoms with E-state index in [1.165, 1.54) is 4.90 Å². The lowest BCUT2D eigenvalue weighted by Gasteiger charge is -2.41. The highest BCUT2D eigenvalue weighted by atomic mass is 35.5. The first kappa shape index (κ1) is 25.3. The molecule has 2 N–H and O–H groups in total. The zero-order chi connectivity index (χ0) is 25.4. The Morgan fingerprint density at radius 1 is 1.31 bits per heavy atom. The number of nitrogens with zero attached hydrogens (tertiary/aromatic N) is 4. The third kappa shape index (κ3) is 4.69. The van der Waals surface area contributed by atoms with Crippen LogP contribution in [0.3, 0.4) is 0 Å². The number of aromatic nitrogens is 2. The number of alkyl halides is 1. The Morgan fingerprint density at radius 2 is 2.14 bits per heavy atom. The van der Waals surface area contributed by atoms with E-state index < -0.39 is 12.3 Å². The number of aldehydes is 1. The number of hydrogen-bond acceptors (Lipinski definition) is 6. The summed E-state index contributed by atoms with van der Waals surface area (Å²) in [5, 5.41) is 18.7. The van der Waals surface area contributed by atoms with E-state index in [9.17, 15) is 19.1 Å². The zero-order valence-electron chi connectivity index (χ0n) is 20.5. The van der Waals surface area contributed by atoms with E-state index in [1.54, 1.807) is 4.68 Å². The summed E-state index contributed by atoms with van der Waals surface area (Å²) < 4.78 is 15.9. The smallest absolute Gasteiger partial charge is 0.274 e. The molecule has 1 aromatic heterocycles. The summed E-state index contributed by atoms with van der Waals surface area (Å²) in [5.74, 6) is -0.324. The quantitative estimate of drug-likeness (QED) is 0.593. The fourth-order valence-corrected chi connectivity index (χ4v) is 6.15. The first-order chi connectivity index (χ1) is 17.4. The number of carbonyl (C=O) groups is 2. The number of carbonyl (C=O) groups excluding carboxylic acids is 2. The van der Waals surface area contributed by atoms with Crippen molar-refractivity contribution in [3.8, 4) is 0 Å². The standard InChI is InChI=1S/C26H33ClFN5O3/c1-16-17(4-2-5-18(16)27)20-15-31(11-9-29-20)21-6-3-7-22-24(21)25(30-33(22)12-13-34)26(36)32-10-8-23(35)19(28)14-32/h2,4-5,13,19-21,23,29,35H,3,6-12,14-15H2,1H3/t19-,20?,21?,23-/m0/s1. The number of likely N-dealkylation sites (tertiary alicyclic amines) is 1. The molecule has 36 heavy (non-hydrogen) atoms. The molecule has 194 valence electrons. The molecule has 5 rings (SSSR count). The minimum absolute atomic E-state index is 0.0197. The van der Waals surface area contributed by atoms with E-state index in [-0.39, 0.29) is 44.0 Å². The van der Waals surface area contributed by atoms with Gasteiger partial charge in [-0.05, 0) is 49.8 Å². The molecular formula is C26H33ClFN5O3. The summed E-state index contributed by atoms with van der Waals surface area (Å²) >= 11 is 6.40. The molecule has 3 aliphatic rings. The first-order valence-corrected chi connectivity index (χ1v) is 13.1. The van der Waals surface area contributed by atoms with E-state index in [2.05, 4.69) is 21.4 Å². The van der Waals surface area contributed by atoms with Crippen molar-refractivity contribution in [1.82, 2.24) is 24.9 Å². The molecule has 0 radical (unpaired) electrons. The van der Waals surface area contributed by atoms with Gasteiger partial charge in [0.1, 0.15) is 12.5 Å². The molecule has 4 atom stereocenters. The van der Waals surface area contributed by atoms with Crippen molar-refractivity contribution in [3.63, 3.8) is 0 Å². The fourth-order valence-electron chi connectivity index (χ4n) is 5.97. The van der Waals surface area contributed by atoms with Crippen molar-refractivity contribution in [3.05, 3.63) is 51.3 Å². The molecule has 2 fully saturated rings. The van der Waals surface area contributed by atoms with Crippen LogP contribution in [0.25, 0.3) is 0 Å². The van der Waals surface area contributed by atoms with Crippen molar-refractivity contribution in [2.75, 3.05) is 32.7 Å². The molecule has 0 saturated carbocycles. The van der Waals surface area contributed by atoms with Gasteiger partial charge in [0.05, 0.1) is 19.2 Å². The van der Waals surface area contributed by atoms with E-state index in [0.29, 0.717) is 5.69 Å². The highest BCUT2D eigenvalue weighted by Gasteiger charge is 2.39. The maximum Gasteiger partial charge on any atom is 0.274 e. The Hall–Kier alpha value is -2.33.